The van der Waals surface area contributed by atoms with Gasteiger partial charge in [-0.2, -0.15) is 5.10 Å². The monoisotopic (exact) mass is 246 g/mol. The standard InChI is InChI=1S/C11H14N6O/c1-6(2)8-3-9(15-5-14-8)17-4-7(12)10(16-17)11(13)18/h3-6H,12H2,1-2H3,(H2,13,18). The van der Waals surface area contributed by atoms with Crippen molar-refractivity contribution in [1.82, 2.24) is 19.7 Å². The summed E-state index contributed by atoms with van der Waals surface area (Å²) in [6.45, 7) is 4.05. The Bertz CT molecular complexity index is 589. The second kappa shape index (κ2) is 4.44. The van der Waals surface area contributed by atoms with Crippen LogP contribution in [0.4, 0.5) is 5.69 Å². The molecule has 0 radical (unpaired) electrons. The van der Waals surface area contributed by atoms with Gasteiger partial charge in [0.25, 0.3) is 5.91 Å². The molecule has 0 fully saturated rings. The normalized spacial score (nSPS) is 10.8. The van der Waals surface area contributed by atoms with Crippen molar-refractivity contribution in [3.63, 3.8) is 0 Å². The predicted octanol–water partition coefficient (Wildman–Crippen LogP) is 0.467. The highest BCUT2D eigenvalue weighted by Crippen LogP contribution is 2.15. The number of nitrogens with zero attached hydrogens (tertiary/aromatic N) is 4. The molecular weight excluding hydrogens is 232 g/mol. The number of hydrogen-bond acceptors (Lipinski definition) is 5. The molecule has 0 atom stereocenters. The predicted molar refractivity (Wildman–Crippen MR) is 66.2 cm³/mol. The first-order valence-corrected chi connectivity index (χ1v) is 5.46. The second-order valence-corrected chi connectivity index (χ2v) is 4.20. The minimum absolute atomic E-state index is 0.0414. The molecule has 0 aliphatic heterocycles. The lowest BCUT2D eigenvalue weighted by molar-refractivity contribution is 0.0996. The average Bonchev–Trinajstić information content (AvgIpc) is 2.71. The topological polar surface area (TPSA) is 113 Å². The average molecular weight is 246 g/mol. The van der Waals surface area contributed by atoms with E-state index in [1.807, 2.05) is 13.8 Å². The Morgan fingerprint density at radius 2 is 2.11 bits per heavy atom. The van der Waals surface area contributed by atoms with E-state index in [2.05, 4.69) is 15.1 Å². The van der Waals surface area contributed by atoms with Gasteiger partial charge in [-0.1, -0.05) is 13.8 Å². The molecule has 0 spiro atoms. The van der Waals surface area contributed by atoms with Gasteiger partial charge in [0.2, 0.25) is 0 Å². The van der Waals surface area contributed by atoms with Gasteiger partial charge in [0.1, 0.15) is 6.33 Å². The molecule has 0 saturated carbocycles. The minimum atomic E-state index is -0.663. The number of primary amides is 1. The van der Waals surface area contributed by atoms with Crippen LogP contribution < -0.4 is 11.5 Å². The molecule has 2 aromatic heterocycles. The molecule has 2 aromatic rings. The molecule has 7 nitrogen and oxygen atoms in total. The summed E-state index contributed by atoms with van der Waals surface area (Å²) in [5, 5.41) is 4.01. The molecule has 0 aliphatic carbocycles. The Hall–Kier alpha value is -2.44. The third-order valence-electron chi connectivity index (χ3n) is 2.48. The summed E-state index contributed by atoms with van der Waals surface area (Å²) in [7, 11) is 0. The number of amides is 1. The van der Waals surface area contributed by atoms with Crippen molar-refractivity contribution in [2.45, 2.75) is 19.8 Å². The maximum Gasteiger partial charge on any atom is 0.271 e. The van der Waals surface area contributed by atoms with E-state index >= 15 is 0 Å². The van der Waals surface area contributed by atoms with Gasteiger partial charge in [0.15, 0.2) is 11.5 Å². The van der Waals surface area contributed by atoms with Crippen LogP contribution in [-0.2, 0) is 0 Å². The number of carbonyl (C=O) groups is 1. The molecule has 0 saturated heterocycles. The molecular formula is C11H14N6O. The van der Waals surface area contributed by atoms with E-state index in [1.54, 1.807) is 6.07 Å². The van der Waals surface area contributed by atoms with Crippen molar-refractivity contribution in [3.8, 4) is 5.82 Å². The molecule has 2 heterocycles. The number of aromatic nitrogens is 4. The summed E-state index contributed by atoms with van der Waals surface area (Å²) < 4.78 is 1.42. The molecule has 94 valence electrons. The second-order valence-electron chi connectivity index (χ2n) is 4.20. The van der Waals surface area contributed by atoms with Gasteiger partial charge in [-0.3, -0.25) is 4.79 Å². The third kappa shape index (κ3) is 2.15. The summed E-state index contributed by atoms with van der Waals surface area (Å²) in [4.78, 5) is 19.3. The highest BCUT2D eigenvalue weighted by atomic mass is 16.1. The maximum absolute atomic E-state index is 11.1. The molecule has 0 bridgehead atoms. The molecule has 4 N–H and O–H groups in total. The van der Waals surface area contributed by atoms with Crippen molar-refractivity contribution in [1.29, 1.82) is 0 Å². The van der Waals surface area contributed by atoms with E-state index in [1.165, 1.54) is 17.2 Å². The minimum Gasteiger partial charge on any atom is -0.396 e. The summed E-state index contributed by atoms with van der Waals surface area (Å²) in [6.07, 6.45) is 2.96. The van der Waals surface area contributed by atoms with Gasteiger partial charge in [-0.25, -0.2) is 14.6 Å². The lowest BCUT2D eigenvalue weighted by atomic mass is 10.1. The zero-order valence-corrected chi connectivity index (χ0v) is 10.2. The van der Waals surface area contributed by atoms with Crippen LogP contribution in [-0.4, -0.2) is 25.7 Å². The van der Waals surface area contributed by atoms with Crippen molar-refractivity contribution < 1.29 is 4.79 Å². The fraction of sp³-hybridized carbons (Fsp3) is 0.273. The molecule has 1 amide bonds. The van der Waals surface area contributed by atoms with Crippen LogP contribution in [0.2, 0.25) is 0 Å². The smallest absolute Gasteiger partial charge is 0.271 e. The van der Waals surface area contributed by atoms with E-state index in [4.69, 9.17) is 11.5 Å². The first-order chi connectivity index (χ1) is 8.49. The summed E-state index contributed by atoms with van der Waals surface area (Å²) in [6, 6.07) is 1.79. The van der Waals surface area contributed by atoms with Crippen LogP contribution >= 0.6 is 0 Å². The molecule has 0 aliphatic rings. The van der Waals surface area contributed by atoms with Crippen LogP contribution in [0.5, 0.6) is 0 Å². The highest BCUT2D eigenvalue weighted by molar-refractivity contribution is 5.95. The third-order valence-corrected chi connectivity index (χ3v) is 2.48. The SMILES string of the molecule is CC(C)c1cc(-n2cc(N)c(C(N)=O)n2)ncn1. The Morgan fingerprint density at radius 1 is 1.39 bits per heavy atom. The fourth-order valence-corrected chi connectivity index (χ4v) is 1.50. The zero-order chi connectivity index (χ0) is 13.3. The van der Waals surface area contributed by atoms with Crippen LogP contribution in [0, 0.1) is 0 Å². The molecule has 0 unspecified atom stereocenters. The number of nitrogen functional groups attached to an aromatic ring is 1. The Balaban J connectivity index is 2.45. The van der Waals surface area contributed by atoms with Crippen molar-refractivity contribution >= 4 is 11.6 Å². The lowest BCUT2D eigenvalue weighted by Crippen LogP contribution is -2.14. The van der Waals surface area contributed by atoms with Gasteiger partial charge >= 0.3 is 0 Å². The van der Waals surface area contributed by atoms with Gasteiger partial charge in [0.05, 0.1) is 11.9 Å². The largest absolute Gasteiger partial charge is 0.396 e. The first-order valence-electron chi connectivity index (χ1n) is 5.46. The van der Waals surface area contributed by atoms with Crippen LogP contribution in [0.25, 0.3) is 5.82 Å². The number of rotatable bonds is 3. The summed E-state index contributed by atoms with van der Waals surface area (Å²) in [5.41, 5.74) is 12.0. The molecule has 2 rings (SSSR count). The number of carbonyl (C=O) groups excluding carboxylic acids is 1. The Kier molecular flexibility index (Phi) is 2.97. The van der Waals surface area contributed by atoms with E-state index in [9.17, 15) is 4.79 Å². The van der Waals surface area contributed by atoms with Crippen LogP contribution in [0.1, 0.15) is 35.9 Å². The van der Waals surface area contributed by atoms with E-state index < -0.39 is 5.91 Å². The van der Waals surface area contributed by atoms with Crippen LogP contribution in [0.3, 0.4) is 0 Å². The van der Waals surface area contributed by atoms with Crippen molar-refractivity contribution in [2.75, 3.05) is 5.73 Å². The highest BCUT2D eigenvalue weighted by Gasteiger charge is 2.13. The number of anilines is 1. The zero-order valence-electron chi connectivity index (χ0n) is 10.2. The van der Waals surface area contributed by atoms with Gasteiger partial charge in [-0.15, -0.1) is 0 Å². The van der Waals surface area contributed by atoms with Gasteiger partial charge in [0, 0.05) is 11.8 Å². The summed E-state index contributed by atoms with van der Waals surface area (Å²) in [5.74, 6) is 0.160. The van der Waals surface area contributed by atoms with Crippen molar-refractivity contribution in [2.24, 2.45) is 5.73 Å². The van der Waals surface area contributed by atoms with E-state index in [0.29, 0.717) is 5.82 Å². The Labute approximate surface area is 104 Å². The van der Waals surface area contributed by atoms with E-state index in [0.717, 1.165) is 5.69 Å². The molecule has 0 aromatic carbocycles. The van der Waals surface area contributed by atoms with Gasteiger partial charge in [-0.05, 0) is 5.92 Å². The fourth-order valence-electron chi connectivity index (χ4n) is 1.50. The molecule has 7 heteroatoms. The summed E-state index contributed by atoms with van der Waals surface area (Å²) >= 11 is 0. The first kappa shape index (κ1) is 12.0. The number of hydrogen-bond donors (Lipinski definition) is 2. The quantitative estimate of drug-likeness (QED) is 0.817. The van der Waals surface area contributed by atoms with Crippen LogP contribution in [0.15, 0.2) is 18.6 Å². The van der Waals surface area contributed by atoms with E-state index in [-0.39, 0.29) is 17.3 Å². The van der Waals surface area contributed by atoms with Gasteiger partial charge < -0.3 is 11.5 Å². The maximum atomic E-state index is 11.1. The molecule has 18 heavy (non-hydrogen) atoms. The van der Waals surface area contributed by atoms with Crippen molar-refractivity contribution in [3.05, 3.63) is 30.0 Å². The lowest BCUT2D eigenvalue weighted by Gasteiger charge is -2.05. The Morgan fingerprint density at radius 3 is 2.67 bits per heavy atom. The number of nitrogens with two attached hydrogens (primary N) is 2.